The molecule has 0 saturated carbocycles. The van der Waals surface area contributed by atoms with E-state index in [1.54, 1.807) is 0 Å². The lowest BCUT2D eigenvalue weighted by molar-refractivity contribution is 0.673. The van der Waals surface area contributed by atoms with E-state index < -0.39 is 0 Å². The Bertz CT molecular complexity index is 3150. The molecule has 0 amide bonds. The van der Waals surface area contributed by atoms with Crippen molar-refractivity contribution < 1.29 is 4.42 Å². The first-order valence-electron chi connectivity index (χ1n) is 19.8. The van der Waals surface area contributed by atoms with Gasteiger partial charge in [0.25, 0.3) is 0 Å². The van der Waals surface area contributed by atoms with Crippen molar-refractivity contribution in [3.63, 3.8) is 0 Å². The van der Waals surface area contributed by atoms with Gasteiger partial charge >= 0.3 is 0 Å². The number of benzene rings is 10. The Kier molecular flexibility index (Phi) is 8.19. The lowest BCUT2D eigenvalue weighted by atomic mass is 9.92. The molecule has 0 saturated heterocycles. The van der Waals surface area contributed by atoms with Gasteiger partial charge < -0.3 is 9.32 Å². The van der Waals surface area contributed by atoms with E-state index in [0.717, 1.165) is 55.5 Å². The van der Waals surface area contributed by atoms with Crippen molar-refractivity contribution in [2.24, 2.45) is 0 Å². The quantitative estimate of drug-likeness (QED) is 0.162. The van der Waals surface area contributed by atoms with Crippen LogP contribution in [-0.2, 0) is 0 Å². The highest BCUT2D eigenvalue weighted by Gasteiger charge is 2.19. The highest BCUT2D eigenvalue weighted by atomic mass is 16.3. The number of hydrogen-bond acceptors (Lipinski definition) is 2. The van der Waals surface area contributed by atoms with Crippen LogP contribution in [0.3, 0.4) is 0 Å². The molecule has 0 aliphatic heterocycles. The van der Waals surface area contributed by atoms with Gasteiger partial charge in [-0.25, -0.2) is 0 Å². The minimum Gasteiger partial charge on any atom is -0.455 e. The first kappa shape index (κ1) is 33.6. The van der Waals surface area contributed by atoms with Crippen LogP contribution in [0.4, 0.5) is 17.1 Å². The number of hydrogen-bond donors (Lipinski definition) is 0. The molecule has 0 aliphatic carbocycles. The molecule has 11 aromatic rings. The van der Waals surface area contributed by atoms with E-state index in [1.807, 2.05) is 0 Å². The van der Waals surface area contributed by atoms with Crippen LogP contribution in [0.1, 0.15) is 0 Å². The molecule has 2 heteroatoms. The number of nitrogens with zero attached hydrogens (tertiary/aromatic N) is 1. The minimum atomic E-state index is 0.885. The van der Waals surface area contributed by atoms with Gasteiger partial charge in [-0.3, -0.25) is 0 Å². The average Bonchev–Trinajstić information content (AvgIpc) is 3.69. The summed E-state index contributed by atoms with van der Waals surface area (Å²) < 4.78 is 6.74. The van der Waals surface area contributed by atoms with Crippen molar-refractivity contribution in [2.75, 3.05) is 4.90 Å². The van der Waals surface area contributed by atoms with Crippen molar-refractivity contribution in [1.82, 2.24) is 0 Å². The van der Waals surface area contributed by atoms with Gasteiger partial charge in [0.1, 0.15) is 11.2 Å². The van der Waals surface area contributed by atoms with Crippen molar-refractivity contribution >= 4 is 60.5 Å². The molecule has 11 rings (SSSR count). The summed E-state index contributed by atoms with van der Waals surface area (Å²) in [5.74, 6) is 0. The van der Waals surface area contributed by atoms with Crippen LogP contribution in [0.15, 0.2) is 229 Å². The van der Waals surface area contributed by atoms with Gasteiger partial charge in [0.05, 0.1) is 0 Å². The fraction of sp³-hybridized carbons (Fsp3) is 0. The molecule has 0 fully saturated rings. The molecule has 0 aliphatic rings. The highest BCUT2D eigenvalue weighted by molar-refractivity contribution is 6.22. The van der Waals surface area contributed by atoms with E-state index in [1.165, 1.54) is 49.5 Å². The molecule has 0 spiro atoms. The molecular weight excluding hydrogens is 703 g/mol. The van der Waals surface area contributed by atoms with Gasteiger partial charge in [0.2, 0.25) is 0 Å². The molecular formula is C56H37NO. The largest absolute Gasteiger partial charge is 0.455 e. The predicted molar refractivity (Wildman–Crippen MR) is 245 cm³/mol. The van der Waals surface area contributed by atoms with Gasteiger partial charge in [0, 0.05) is 33.2 Å². The molecule has 10 aromatic carbocycles. The molecule has 1 aromatic heterocycles. The van der Waals surface area contributed by atoms with Crippen LogP contribution in [-0.4, -0.2) is 0 Å². The van der Waals surface area contributed by atoms with E-state index in [-0.39, 0.29) is 0 Å². The molecule has 0 bridgehead atoms. The van der Waals surface area contributed by atoms with Gasteiger partial charge in [0.15, 0.2) is 0 Å². The third kappa shape index (κ3) is 5.91. The van der Waals surface area contributed by atoms with Gasteiger partial charge in [-0.05, 0) is 115 Å². The normalized spacial score (nSPS) is 11.4. The summed E-state index contributed by atoms with van der Waals surface area (Å²) in [7, 11) is 0. The minimum absolute atomic E-state index is 0.885. The maximum absolute atomic E-state index is 6.74. The lowest BCUT2D eigenvalue weighted by Crippen LogP contribution is -2.09. The lowest BCUT2D eigenvalue weighted by Gasteiger charge is -2.26. The summed E-state index contributed by atoms with van der Waals surface area (Å²) in [6, 6.07) is 80.5. The third-order valence-corrected chi connectivity index (χ3v) is 11.5. The number of furan rings is 1. The third-order valence-electron chi connectivity index (χ3n) is 11.5. The molecule has 0 unspecified atom stereocenters. The van der Waals surface area contributed by atoms with Crippen molar-refractivity contribution in [3.05, 3.63) is 224 Å². The van der Waals surface area contributed by atoms with Gasteiger partial charge in [-0.1, -0.05) is 170 Å². The maximum atomic E-state index is 6.74. The summed E-state index contributed by atoms with van der Waals surface area (Å²) in [5.41, 5.74) is 14.5. The molecule has 0 radical (unpaired) electrons. The zero-order valence-corrected chi connectivity index (χ0v) is 31.7. The summed E-state index contributed by atoms with van der Waals surface area (Å²) >= 11 is 0. The summed E-state index contributed by atoms with van der Waals surface area (Å²) in [4.78, 5) is 2.34. The summed E-state index contributed by atoms with van der Waals surface area (Å²) in [6.45, 7) is 0. The van der Waals surface area contributed by atoms with Crippen LogP contribution >= 0.6 is 0 Å². The number of rotatable bonds is 7. The fourth-order valence-electron chi connectivity index (χ4n) is 8.59. The van der Waals surface area contributed by atoms with E-state index in [2.05, 4.69) is 229 Å². The average molecular weight is 740 g/mol. The first-order valence-corrected chi connectivity index (χ1v) is 19.8. The molecule has 58 heavy (non-hydrogen) atoms. The van der Waals surface area contributed by atoms with Crippen LogP contribution in [0, 0.1) is 0 Å². The smallest absolute Gasteiger partial charge is 0.143 e. The SMILES string of the molecule is c1ccc(-c2ccc(N(c3ccc(-c4ccccc4)cc3)c3ccc(-c4cccc5oc6c7ccccc7c(-c7ccc8ccccc8c7)cc6c45)cc3)cc2)cc1. The molecule has 272 valence electrons. The first-order chi connectivity index (χ1) is 28.7. The Morgan fingerprint density at radius 1 is 0.293 bits per heavy atom. The van der Waals surface area contributed by atoms with Crippen molar-refractivity contribution in [1.29, 1.82) is 0 Å². The Morgan fingerprint density at radius 3 is 1.41 bits per heavy atom. The molecule has 0 atom stereocenters. The molecule has 0 N–H and O–H groups in total. The van der Waals surface area contributed by atoms with Gasteiger partial charge in [-0.15, -0.1) is 0 Å². The van der Waals surface area contributed by atoms with Crippen molar-refractivity contribution in [3.8, 4) is 44.5 Å². The Labute approximate surface area is 337 Å². The summed E-state index contributed by atoms with van der Waals surface area (Å²) in [6.07, 6.45) is 0. The van der Waals surface area contributed by atoms with Crippen molar-refractivity contribution in [2.45, 2.75) is 0 Å². The monoisotopic (exact) mass is 739 g/mol. The summed E-state index contributed by atoms with van der Waals surface area (Å²) in [5, 5.41) is 7.02. The second-order valence-corrected chi connectivity index (χ2v) is 14.9. The molecule has 2 nitrogen and oxygen atoms in total. The standard InChI is InChI=1S/C56H37NO/c1-3-12-38(13-4-1)41-24-30-46(31-25-41)57(47-32-26-42(27-33-47)39-14-5-2-6-15-39)48-34-28-43(29-35-48)49-20-11-21-54-55(49)53-37-52(50-18-9-10-19-51(50)56(53)58-54)45-23-22-40-16-7-8-17-44(40)36-45/h1-37H. The van der Waals surface area contributed by atoms with Crippen LogP contribution in [0.5, 0.6) is 0 Å². The topological polar surface area (TPSA) is 16.4 Å². The van der Waals surface area contributed by atoms with E-state index >= 15 is 0 Å². The Morgan fingerprint density at radius 2 is 0.793 bits per heavy atom. The number of fused-ring (bicyclic) bond motifs is 6. The highest BCUT2D eigenvalue weighted by Crippen LogP contribution is 2.44. The second-order valence-electron chi connectivity index (χ2n) is 14.9. The number of anilines is 3. The molecule has 1 heterocycles. The zero-order chi connectivity index (χ0) is 38.4. The fourth-order valence-corrected chi connectivity index (χ4v) is 8.59. The predicted octanol–water partition coefficient (Wildman–Crippen LogP) is 16.0. The Hall–Kier alpha value is -7.68. The van der Waals surface area contributed by atoms with Gasteiger partial charge in [-0.2, -0.15) is 0 Å². The van der Waals surface area contributed by atoms with Crippen LogP contribution < -0.4 is 4.90 Å². The van der Waals surface area contributed by atoms with E-state index in [9.17, 15) is 0 Å². The second kappa shape index (κ2) is 14.1. The maximum Gasteiger partial charge on any atom is 0.143 e. The Balaban J connectivity index is 1.03. The van der Waals surface area contributed by atoms with Crippen LogP contribution in [0.25, 0.3) is 88.0 Å². The zero-order valence-electron chi connectivity index (χ0n) is 31.7. The van der Waals surface area contributed by atoms with E-state index in [4.69, 9.17) is 4.42 Å². The van der Waals surface area contributed by atoms with E-state index in [0.29, 0.717) is 0 Å². The van der Waals surface area contributed by atoms with Crippen LogP contribution in [0.2, 0.25) is 0 Å².